The number of hydrogen-bond donors (Lipinski definition) is 0. The summed E-state index contributed by atoms with van der Waals surface area (Å²) in [6.45, 7) is 2.21. The van der Waals surface area contributed by atoms with Crippen molar-refractivity contribution in [1.29, 1.82) is 0 Å². The summed E-state index contributed by atoms with van der Waals surface area (Å²) in [7, 11) is 0. The van der Waals surface area contributed by atoms with E-state index in [0.29, 0.717) is 0 Å². The standard InChI is InChI=1S/C14H20O/c1-2-3-5-9-14(12-8-13-15)10-6-4-7-11-14/h4,6-8,10,12-13H,2-3,5,9,11H2,1H3/b12-8+. The second-order valence-electron chi connectivity index (χ2n) is 4.18. The summed E-state index contributed by atoms with van der Waals surface area (Å²) in [4.78, 5) is 10.4. The van der Waals surface area contributed by atoms with Gasteiger partial charge in [-0.3, -0.25) is 4.79 Å². The van der Waals surface area contributed by atoms with Crippen molar-refractivity contribution in [3.8, 4) is 0 Å². The van der Waals surface area contributed by atoms with Gasteiger partial charge in [0.1, 0.15) is 6.29 Å². The van der Waals surface area contributed by atoms with Gasteiger partial charge in [-0.25, -0.2) is 0 Å². The number of carbonyl (C=O) groups excluding carboxylic acids is 1. The van der Waals surface area contributed by atoms with E-state index < -0.39 is 0 Å². The van der Waals surface area contributed by atoms with Gasteiger partial charge in [0.25, 0.3) is 0 Å². The summed E-state index contributed by atoms with van der Waals surface area (Å²) in [5.74, 6) is 0. The van der Waals surface area contributed by atoms with Gasteiger partial charge in [0, 0.05) is 5.41 Å². The van der Waals surface area contributed by atoms with Gasteiger partial charge in [-0.1, -0.05) is 56.6 Å². The molecule has 1 nitrogen and oxygen atoms in total. The molecular weight excluding hydrogens is 184 g/mol. The molecule has 0 bridgehead atoms. The Bertz CT molecular complexity index is 273. The van der Waals surface area contributed by atoms with E-state index in [0.717, 1.165) is 19.1 Å². The molecule has 0 heterocycles. The third-order valence-corrected chi connectivity index (χ3v) is 2.93. The zero-order valence-corrected chi connectivity index (χ0v) is 9.49. The van der Waals surface area contributed by atoms with Crippen LogP contribution in [-0.4, -0.2) is 6.29 Å². The number of carbonyl (C=O) groups is 1. The van der Waals surface area contributed by atoms with E-state index >= 15 is 0 Å². The zero-order chi connectivity index (χ0) is 11.0. The molecule has 1 unspecified atom stereocenters. The van der Waals surface area contributed by atoms with Crippen LogP contribution in [0.3, 0.4) is 0 Å². The molecule has 0 radical (unpaired) electrons. The maximum absolute atomic E-state index is 10.4. The van der Waals surface area contributed by atoms with Crippen LogP contribution in [0.4, 0.5) is 0 Å². The summed E-state index contributed by atoms with van der Waals surface area (Å²) in [5.41, 5.74) is 0.102. The molecule has 1 aliphatic rings. The van der Waals surface area contributed by atoms with Gasteiger partial charge in [0.15, 0.2) is 0 Å². The van der Waals surface area contributed by atoms with E-state index in [9.17, 15) is 4.79 Å². The third-order valence-electron chi connectivity index (χ3n) is 2.93. The van der Waals surface area contributed by atoms with Crippen LogP contribution < -0.4 is 0 Å². The van der Waals surface area contributed by atoms with Crippen LogP contribution in [0.2, 0.25) is 0 Å². The lowest BCUT2D eigenvalue weighted by atomic mass is 9.77. The second kappa shape index (κ2) is 6.39. The Hall–Kier alpha value is -1.11. The molecule has 0 aromatic rings. The van der Waals surface area contributed by atoms with Crippen LogP contribution in [0.15, 0.2) is 36.5 Å². The molecule has 1 rings (SSSR count). The van der Waals surface area contributed by atoms with Crippen molar-refractivity contribution >= 4 is 6.29 Å². The lowest BCUT2D eigenvalue weighted by Gasteiger charge is -2.27. The van der Waals surface area contributed by atoms with Gasteiger partial charge in [0.05, 0.1) is 0 Å². The van der Waals surface area contributed by atoms with E-state index in [2.05, 4.69) is 37.3 Å². The summed E-state index contributed by atoms with van der Waals surface area (Å²) in [6, 6.07) is 0. The zero-order valence-electron chi connectivity index (χ0n) is 9.49. The summed E-state index contributed by atoms with van der Waals surface area (Å²) < 4.78 is 0. The first-order valence-electron chi connectivity index (χ1n) is 5.80. The Balaban J connectivity index is 2.60. The highest BCUT2D eigenvalue weighted by Crippen LogP contribution is 2.35. The van der Waals surface area contributed by atoms with Crippen molar-refractivity contribution in [2.45, 2.75) is 39.0 Å². The summed E-state index contributed by atoms with van der Waals surface area (Å²) >= 11 is 0. The van der Waals surface area contributed by atoms with Crippen molar-refractivity contribution in [1.82, 2.24) is 0 Å². The highest BCUT2D eigenvalue weighted by molar-refractivity contribution is 5.65. The molecule has 0 saturated carbocycles. The fraction of sp³-hybridized carbons (Fsp3) is 0.500. The first kappa shape index (κ1) is 12.0. The molecule has 0 fully saturated rings. The number of aldehydes is 1. The van der Waals surface area contributed by atoms with Crippen molar-refractivity contribution in [2.24, 2.45) is 5.41 Å². The van der Waals surface area contributed by atoms with Crippen molar-refractivity contribution in [3.05, 3.63) is 36.5 Å². The van der Waals surface area contributed by atoms with Crippen molar-refractivity contribution < 1.29 is 4.79 Å². The summed E-state index contributed by atoms with van der Waals surface area (Å²) in [6.07, 6.45) is 19.0. The Morgan fingerprint density at radius 1 is 1.33 bits per heavy atom. The van der Waals surface area contributed by atoms with Gasteiger partial charge in [-0.15, -0.1) is 0 Å². The number of rotatable bonds is 6. The molecule has 0 N–H and O–H groups in total. The largest absolute Gasteiger partial charge is 0.299 e. The Kier molecular flexibility index (Phi) is 5.09. The second-order valence-corrected chi connectivity index (χ2v) is 4.18. The smallest absolute Gasteiger partial charge is 0.142 e. The van der Waals surface area contributed by atoms with Crippen LogP contribution >= 0.6 is 0 Å². The highest BCUT2D eigenvalue weighted by Gasteiger charge is 2.22. The fourth-order valence-electron chi connectivity index (χ4n) is 2.01. The SMILES string of the molecule is CCCCCC1(/C=C/C=O)C=CC=CC1. The molecule has 0 saturated heterocycles. The van der Waals surface area contributed by atoms with Crippen LogP contribution in [0.5, 0.6) is 0 Å². The summed E-state index contributed by atoms with van der Waals surface area (Å²) in [5, 5.41) is 0. The predicted molar refractivity (Wildman–Crippen MR) is 64.7 cm³/mol. The van der Waals surface area contributed by atoms with E-state index in [1.807, 2.05) is 0 Å². The van der Waals surface area contributed by atoms with E-state index in [1.165, 1.54) is 19.3 Å². The molecule has 1 aliphatic carbocycles. The van der Waals surface area contributed by atoms with Gasteiger partial charge in [0.2, 0.25) is 0 Å². The Morgan fingerprint density at radius 2 is 2.20 bits per heavy atom. The minimum absolute atomic E-state index is 0.102. The van der Waals surface area contributed by atoms with Crippen LogP contribution in [0.25, 0.3) is 0 Å². The minimum atomic E-state index is 0.102. The number of hydrogen-bond acceptors (Lipinski definition) is 1. The van der Waals surface area contributed by atoms with Gasteiger partial charge >= 0.3 is 0 Å². The quantitative estimate of drug-likeness (QED) is 0.365. The minimum Gasteiger partial charge on any atom is -0.299 e. The normalized spacial score (nSPS) is 24.9. The average Bonchev–Trinajstić information content (AvgIpc) is 2.28. The monoisotopic (exact) mass is 204 g/mol. The number of unbranched alkanes of at least 4 members (excludes halogenated alkanes) is 2. The molecule has 0 amide bonds. The lowest BCUT2D eigenvalue weighted by molar-refractivity contribution is -0.104. The molecule has 0 aromatic carbocycles. The van der Waals surface area contributed by atoms with Crippen LogP contribution in [-0.2, 0) is 4.79 Å². The van der Waals surface area contributed by atoms with E-state index in [4.69, 9.17) is 0 Å². The van der Waals surface area contributed by atoms with E-state index in [1.54, 1.807) is 6.08 Å². The van der Waals surface area contributed by atoms with Crippen molar-refractivity contribution in [3.63, 3.8) is 0 Å². The molecular formula is C14H20O. The van der Waals surface area contributed by atoms with Gasteiger partial charge in [-0.05, 0) is 18.9 Å². The third kappa shape index (κ3) is 3.86. The topological polar surface area (TPSA) is 17.1 Å². The molecule has 1 heteroatoms. The molecule has 1 atom stereocenters. The number of allylic oxidation sites excluding steroid dienone is 6. The van der Waals surface area contributed by atoms with Gasteiger partial charge in [-0.2, -0.15) is 0 Å². The Morgan fingerprint density at radius 3 is 2.80 bits per heavy atom. The maximum atomic E-state index is 10.4. The molecule has 0 aromatic heterocycles. The first-order chi connectivity index (χ1) is 7.33. The van der Waals surface area contributed by atoms with Gasteiger partial charge < -0.3 is 0 Å². The van der Waals surface area contributed by atoms with E-state index in [-0.39, 0.29) is 5.41 Å². The maximum Gasteiger partial charge on any atom is 0.142 e. The average molecular weight is 204 g/mol. The fourth-order valence-corrected chi connectivity index (χ4v) is 2.01. The van der Waals surface area contributed by atoms with Crippen LogP contribution in [0.1, 0.15) is 39.0 Å². The van der Waals surface area contributed by atoms with Crippen molar-refractivity contribution in [2.75, 3.05) is 0 Å². The molecule has 0 aliphatic heterocycles. The predicted octanol–water partition coefficient (Wildman–Crippen LogP) is 3.82. The molecule has 0 spiro atoms. The first-order valence-corrected chi connectivity index (χ1v) is 5.80. The molecule has 15 heavy (non-hydrogen) atoms. The molecule has 82 valence electrons. The highest BCUT2D eigenvalue weighted by atomic mass is 16.1. The Labute approximate surface area is 92.6 Å². The van der Waals surface area contributed by atoms with Crippen LogP contribution in [0, 0.1) is 5.41 Å². The lowest BCUT2D eigenvalue weighted by Crippen LogP contribution is -2.15.